The van der Waals surface area contributed by atoms with Crippen LogP contribution in [-0.2, 0) is 4.74 Å². The number of benzene rings is 1. The molecule has 3 rings (SSSR count). The SMILES string of the molecule is CCO[C@H]1CN(C(=O)c2ccc3c(c2)OCCO3)C[C@@H]1O. The summed E-state index contributed by atoms with van der Waals surface area (Å²) in [4.78, 5) is 14.1. The predicted octanol–water partition coefficient (Wildman–Crippen LogP) is 0.680. The van der Waals surface area contributed by atoms with Gasteiger partial charge in [0.2, 0.25) is 0 Å². The van der Waals surface area contributed by atoms with Gasteiger partial charge in [-0.3, -0.25) is 4.79 Å². The molecule has 6 heteroatoms. The van der Waals surface area contributed by atoms with Crippen molar-refractivity contribution < 1.29 is 24.1 Å². The Balaban J connectivity index is 1.74. The highest BCUT2D eigenvalue weighted by atomic mass is 16.6. The van der Waals surface area contributed by atoms with E-state index in [2.05, 4.69) is 0 Å². The summed E-state index contributed by atoms with van der Waals surface area (Å²) in [5.41, 5.74) is 0.531. The van der Waals surface area contributed by atoms with Gasteiger partial charge in [-0.15, -0.1) is 0 Å². The highest BCUT2D eigenvalue weighted by molar-refractivity contribution is 5.95. The van der Waals surface area contributed by atoms with Gasteiger partial charge in [0, 0.05) is 25.3 Å². The molecule has 1 aromatic carbocycles. The van der Waals surface area contributed by atoms with Crippen molar-refractivity contribution in [2.45, 2.75) is 19.1 Å². The largest absolute Gasteiger partial charge is 0.486 e. The van der Waals surface area contributed by atoms with Crippen LogP contribution < -0.4 is 9.47 Å². The van der Waals surface area contributed by atoms with Crippen LogP contribution in [0, 0.1) is 0 Å². The van der Waals surface area contributed by atoms with Gasteiger partial charge in [-0.2, -0.15) is 0 Å². The van der Waals surface area contributed by atoms with Crippen molar-refractivity contribution >= 4 is 5.91 Å². The van der Waals surface area contributed by atoms with Crippen LogP contribution in [0.1, 0.15) is 17.3 Å². The molecular formula is C15H19NO5. The number of likely N-dealkylation sites (tertiary alicyclic amines) is 1. The van der Waals surface area contributed by atoms with Crippen molar-refractivity contribution in [1.29, 1.82) is 0 Å². The van der Waals surface area contributed by atoms with E-state index in [4.69, 9.17) is 14.2 Å². The summed E-state index contributed by atoms with van der Waals surface area (Å²) in [5, 5.41) is 9.91. The highest BCUT2D eigenvalue weighted by Gasteiger charge is 2.35. The average Bonchev–Trinajstić information content (AvgIpc) is 2.87. The lowest BCUT2D eigenvalue weighted by Gasteiger charge is -2.20. The zero-order chi connectivity index (χ0) is 14.8. The third-order valence-corrected chi connectivity index (χ3v) is 3.69. The number of β-amino-alcohol motifs (C(OH)–C–C–N with tert-alkyl or cyclic N) is 1. The summed E-state index contributed by atoms with van der Waals surface area (Å²) in [7, 11) is 0. The monoisotopic (exact) mass is 293 g/mol. The topological polar surface area (TPSA) is 68.2 Å². The van der Waals surface area contributed by atoms with Crippen LogP contribution in [0.5, 0.6) is 11.5 Å². The molecule has 6 nitrogen and oxygen atoms in total. The number of rotatable bonds is 3. The number of aliphatic hydroxyl groups is 1. The smallest absolute Gasteiger partial charge is 0.254 e. The maximum Gasteiger partial charge on any atom is 0.254 e. The van der Waals surface area contributed by atoms with Gasteiger partial charge in [-0.05, 0) is 25.1 Å². The van der Waals surface area contributed by atoms with Gasteiger partial charge in [0.15, 0.2) is 11.5 Å². The molecule has 2 aliphatic rings. The van der Waals surface area contributed by atoms with Gasteiger partial charge in [0.25, 0.3) is 5.91 Å². The fraction of sp³-hybridized carbons (Fsp3) is 0.533. The van der Waals surface area contributed by atoms with Gasteiger partial charge < -0.3 is 24.2 Å². The van der Waals surface area contributed by atoms with Crippen molar-refractivity contribution in [3.8, 4) is 11.5 Å². The Bertz CT molecular complexity index is 533. The third kappa shape index (κ3) is 2.82. The Hall–Kier alpha value is -1.79. The summed E-state index contributed by atoms with van der Waals surface area (Å²) in [6.07, 6.45) is -0.942. The molecule has 0 aliphatic carbocycles. The number of aliphatic hydroxyl groups excluding tert-OH is 1. The van der Waals surface area contributed by atoms with Gasteiger partial charge in [0.05, 0.1) is 6.10 Å². The lowest BCUT2D eigenvalue weighted by Crippen LogP contribution is -2.30. The van der Waals surface area contributed by atoms with Gasteiger partial charge in [0.1, 0.15) is 19.3 Å². The van der Waals surface area contributed by atoms with E-state index in [1.807, 2.05) is 6.92 Å². The minimum atomic E-state index is -0.633. The first-order valence-electron chi connectivity index (χ1n) is 7.17. The number of fused-ring (bicyclic) bond motifs is 1. The summed E-state index contributed by atoms with van der Waals surface area (Å²) < 4.78 is 16.4. The summed E-state index contributed by atoms with van der Waals surface area (Å²) in [6.45, 7) is 4.10. The molecule has 2 heterocycles. The first kappa shape index (κ1) is 14.2. The molecule has 0 saturated carbocycles. The molecule has 21 heavy (non-hydrogen) atoms. The Morgan fingerprint density at radius 3 is 2.86 bits per heavy atom. The van der Waals surface area contributed by atoms with Crippen LogP contribution in [0.25, 0.3) is 0 Å². The van der Waals surface area contributed by atoms with Crippen LogP contribution in [0.15, 0.2) is 18.2 Å². The number of carbonyl (C=O) groups is 1. The lowest BCUT2D eigenvalue weighted by molar-refractivity contribution is -0.00237. The Morgan fingerprint density at radius 1 is 1.33 bits per heavy atom. The zero-order valence-electron chi connectivity index (χ0n) is 11.9. The van der Waals surface area contributed by atoms with E-state index in [1.54, 1.807) is 23.1 Å². The van der Waals surface area contributed by atoms with Crippen LogP contribution in [0.2, 0.25) is 0 Å². The van der Waals surface area contributed by atoms with E-state index in [-0.39, 0.29) is 18.6 Å². The predicted molar refractivity (Wildman–Crippen MR) is 74.8 cm³/mol. The molecule has 0 unspecified atom stereocenters. The van der Waals surface area contributed by atoms with Crippen molar-refractivity contribution in [3.63, 3.8) is 0 Å². The van der Waals surface area contributed by atoms with Crippen molar-refractivity contribution in [2.24, 2.45) is 0 Å². The van der Waals surface area contributed by atoms with Crippen LogP contribution >= 0.6 is 0 Å². The second kappa shape index (κ2) is 5.91. The number of hydrogen-bond acceptors (Lipinski definition) is 5. The maximum absolute atomic E-state index is 12.5. The third-order valence-electron chi connectivity index (χ3n) is 3.69. The molecule has 0 radical (unpaired) electrons. The number of nitrogens with zero attached hydrogens (tertiary/aromatic N) is 1. The quantitative estimate of drug-likeness (QED) is 0.887. The van der Waals surface area contributed by atoms with E-state index >= 15 is 0 Å². The fourth-order valence-corrected chi connectivity index (χ4v) is 2.66. The molecule has 1 fully saturated rings. The molecule has 0 bridgehead atoms. The molecule has 2 aliphatic heterocycles. The van der Waals surface area contributed by atoms with Crippen LogP contribution in [-0.4, -0.2) is 61.0 Å². The summed E-state index contributed by atoms with van der Waals surface area (Å²) >= 11 is 0. The average molecular weight is 293 g/mol. The van der Waals surface area contributed by atoms with Crippen LogP contribution in [0.3, 0.4) is 0 Å². The zero-order valence-corrected chi connectivity index (χ0v) is 11.9. The standard InChI is InChI=1S/C15H19NO5/c1-2-19-14-9-16(8-11(14)17)15(18)10-3-4-12-13(7-10)21-6-5-20-12/h3-4,7,11,14,17H,2,5-6,8-9H2,1H3/t11-,14-/m0/s1. The van der Waals surface area contributed by atoms with Gasteiger partial charge >= 0.3 is 0 Å². The fourth-order valence-electron chi connectivity index (χ4n) is 2.66. The van der Waals surface area contributed by atoms with E-state index in [0.29, 0.717) is 43.4 Å². The van der Waals surface area contributed by atoms with Gasteiger partial charge in [-0.1, -0.05) is 0 Å². The molecule has 1 N–H and O–H groups in total. The van der Waals surface area contributed by atoms with E-state index in [1.165, 1.54) is 0 Å². The van der Waals surface area contributed by atoms with Crippen molar-refractivity contribution in [3.05, 3.63) is 23.8 Å². The minimum absolute atomic E-state index is 0.131. The van der Waals surface area contributed by atoms with Crippen molar-refractivity contribution in [1.82, 2.24) is 4.90 Å². The number of hydrogen-bond donors (Lipinski definition) is 1. The molecule has 0 aromatic heterocycles. The second-order valence-electron chi connectivity index (χ2n) is 5.13. The Labute approximate surface area is 123 Å². The number of ether oxygens (including phenoxy) is 3. The minimum Gasteiger partial charge on any atom is -0.486 e. The summed E-state index contributed by atoms with van der Waals surface area (Å²) in [5.74, 6) is 1.12. The maximum atomic E-state index is 12.5. The summed E-state index contributed by atoms with van der Waals surface area (Å²) in [6, 6.07) is 5.15. The second-order valence-corrected chi connectivity index (χ2v) is 5.13. The first-order valence-corrected chi connectivity index (χ1v) is 7.17. The van der Waals surface area contributed by atoms with Gasteiger partial charge in [-0.25, -0.2) is 0 Å². The van der Waals surface area contributed by atoms with Crippen LogP contribution in [0.4, 0.5) is 0 Å². The molecule has 1 amide bonds. The Morgan fingerprint density at radius 2 is 2.10 bits per heavy atom. The molecular weight excluding hydrogens is 274 g/mol. The normalized spacial score (nSPS) is 24.2. The molecule has 1 saturated heterocycles. The van der Waals surface area contributed by atoms with E-state index < -0.39 is 6.10 Å². The van der Waals surface area contributed by atoms with Crippen molar-refractivity contribution in [2.75, 3.05) is 32.9 Å². The lowest BCUT2D eigenvalue weighted by atomic mass is 10.1. The van der Waals surface area contributed by atoms with E-state index in [0.717, 1.165) is 0 Å². The number of carbonyl (C=O) groups excluding carboxylic acids is 1. The molecule has 114 valence electrons. The molecule has 0 spiro atoms. The molecule has 1 aromatic rings. The van der Waals surface area contributed by atoms with E-state index in [9.17, 15) is 9.90 Å². The molecule has 2 atom stereocenters. The first-order chi connectivity index (χ1) is 10.2. The number of amides is 1. The highest BCUT2D eigenvalue weighted by Crippen LogP contribution is 2.31. The Kier molecular flexibility index (Phi) is 3.98.